The summed E-state index contributed by atoms with van der Waals surface area (Å²) in [4.78, 5) is 14.7. The van der Waals surface area contributed by atoms with Crippen LogP contribution in [0.5, 0.6) is 0 Å². The number of carbonyl (C=O) groups is 1. The van der Waals surface area contributed by atoms with Crippen LogP contribution in [-0.2, 0) is 4.84 Å². The maximum Gasteiger partial charge on any atom is 0.466 e. The van der Waals surface area contributed by atoms with E-state index in [-0.39, 0.29) is 12.4 Å². The van der Waals surface area contributed by atoms with Gasteiger partial charge in [0.1, 0.15) is 0 Å². The third-order valence-corrected chi connectivity index (χ3v) is 1.13. The number of halogens is 1. The van der Waals surface area contributed by atoms with Crippen LogP contribution in [0.1, 0.15) is 10.4 Å². The van der Waals surface area contributed by atoms with Crippen molar-refractivity contribution in [3.05, 3.63) is 41.0 Å². The molecule has 1 rings (SSSR count). The van der Waals surface area contributed by atoms with Crippen molar-refractivity contribution in [3.8, 4) is 0 Å². The van der Waals surface area contributed by atoms with Crippen molar-refractivity contribution in [3.63, 3.8) is 0 Å². The van der Waals surface area contributed by atoms with Gasteiger partial charge in [-0.05, 0) is 17.0 Å². The number of carbonyl (C=O) groups excluding carboxylic acids is 1. The summed E-state index contributed by atoms with van der Waals surface area (Å²) < 4.78 is 0. The van der Waals surface area contributed by atoms with Crippen molar-refractivity contribution in [1.82, 2.24) is 0 Å². The van der Waals surface area contributed by atoms with Crippen LogP contribution in [0, 0.1) is 5.39 Å². The van der Waals surface area contributed by atoms with Gasteiger partial charge in [0.05, 0.1) is 5.56 Å². The van der Waals surface area contributed by atoms with E-state index in [1.807, 2.05) is 0 Å². The van der Waals surface area contributed by atoms with E-state index in [1.54, 1.807) is 30.3 Å². The standard InChI is InChI=1S/C7H5N2O2.ClH/c8-9-11-7(10)6-4-2-1-3-5-6;/h1-5H;1H/q+1;/p-1. The van der Waals surface area contributed by atoms with Gasteiger partial charge < -0.3 is 12.4 Å². The number of nitrogens with zero attached hydrogens (tertiary/aromatic N) is 2. The summed E-state index contributed by atoms with van der Waals surface area (Å²) in [6, 6.07) is 8.27. The zero-order chi connectivity index (χ0) is 8.10. The lowest BCUT2D eigenvalue weighted by molar-refractivity contribution is -0.0000174. The van der Waals surface area contributed by atoms with Gasteiger partial charge in [-0.15, -0.1) is 0 Å². The van der Waals surface area contributed by atoms with Crippen molar-refractivity contribution < 1.29 is 22.0 Å². The normalized spacial score (nSPS) is 7.58. The molecule has 0 bridgehead atoms. The molecule has 0 aliphatic heterocycles. The number of rotatable bonds is 1. The quantitative estimate of drug-likeness (QED) is 0.399. The Morgan fingerprint density at radius 2 is 1.92 bits per heavy atom. The van der Waals surface area contributed by atoms with Crippen LogP contribution in [0.2, 0.25) is 0 Å². The Bertz CT molecular complexity index is 294. The van der Waals surface area contributed by atoms with Gasteiger partial charge in [0.15, 0.2) is 0 Å². The molecule has 0 saturated heterocycles. The first-order valence-corrected chi connectivity index (χ1v) is 2.95. The molecule has 12 heavy (non-hydrogen) atoms. The molecule has 1 aromatic rings. The lowest BCUT2D eigenvalue weighted by atomic mass is 10.2. The van der Waals surface area contributed by atoms with Crippen molar-refractivity contribution in [2.75, 3.05) is 0 Å². The zero-order valence-corrected chi connectivity index (χ0v) is 6.73. The lowest BCUT2D eigenvalue weighted by Crippen LogP contribution is -3.00. The number of diazo groups is 1. The highest BCUT2D eigenvalue weighted by Gasteiger charge is 2.12. The van der Waals surface area contributed by atoms with E-state index in [9.17, 15) is 4.79 Å². The maximum atomic E-state index is 10.8. The highest BCUT2D eigenvalue weighted by Crippen LogP contribution is 2.00. The minimum atomic E-state index is -0.673. The summed E-state index contributed by atoms with van der Waals surface area (Å²) in [5.74, 6) is -0.673. The molecule has 0 spiro atoms. The minimum Gasteiger partial charge on any atom is -1.00 e. The third-order valence-electron chi connectivity index (χ3n) is 1.13. The minimum absolute atomic E-state index is 0. The van der Waals surface area contributed by atoms with Crippen LogP contribution < -0.4 is 12.4 Å². The van der Waals surface area contributed by atoms with Gasteiger partial charge in [-0.2, -0.15) is 0 Å². The van der Waals surface area contributed by atoms with Gasteiger partial charge in [-0.25, -0.2) is 4.79 Å². The maximum absolute atomic E-state index is 10.8. The van der Waals surface area contributed by atoms with Crippen molar-refractivity contribution >= 4 is 5.97 Å². The fraction of sp³-hybridized carbons (Fsp3) is 0. The molecule has 0 aliphatic carbocycles. The number of hydrogen-bond acceptors (Lipinski definition) is 3. The molecule has 0 heterocycles. The summed E-state index contributed by atoms with van der Waals surface area (Å²) in [5.41, 5.74) is 0.352. The first-order valence-electron chi connectivity index (χ1n) is 2.95. The molecule has 0 radical (unpaired) electrons. The molecular weight excluding hydrogens is 180 g/mol. The number of hydrogen-bond donors (Lipinski definition) is 0. The molecular formula is C7H5ClN2O2. The Morgan fingerprint density at radius 1 is 1.33 bits per heavy atom. The second-order valence-corrected chi connectivity index (χ2v) is 1.83. The molecule has 1 aromatic carbocycles. The average Bonchev–Trinajstić information content (AvgIpc) is 2.07. The second kappa shape index (κ2) is 5.10. The third kappa shape index (κ3) is 2.56. The Morgan fingerprint density at radius 3 is 2.42 bits per heavy atom. The van der Waals surface area contributed by atoms with Gasteiger partial charge in [0, 0.05) is 0 Å². The zero-order valence-electron chi connectivity index (χ0n) is 5.98. The molecule has 0 saturated carbocycles. The monoisotopic (exact) mass is 184 g/mol. The Labute approximate surface area is 75.1 Å². The van der Waals surface area contributed by atoms with Crippen molar-refractivity contribution in [1.29, 1.82) is 5.39 Å². The van der Waals surface area contributed by atoms with Gasteiger partial charge >= 0.3 is 11.1 Å². The number of benzene rings is 1. The lowest BCUT2D eigenvalue weighted by Gasteiger charge is -1.86. The highest BCUT2D eigenvalue weighted by atomic mass is 35.5. The van der Waals surface area contributed by atoms with Gasteiger partial charge in [0.2, 0.25) is 0 Å². The molecule has 0 N–H and O–H groups in total. The molecule has 0 atom stereocenters. The summed E-state index contributed by atoms with van der Waals surface area (Å²) in [6.07, 6.45) is 0. The van der Waals surface area contributed by atoms with Crippen LogP contribution in [-0.4, -0.2) is 5.97 Å². The summed E-state index contributed by atoms with van der Waals surface area (Å²) in [6.45, 7) is 0. The van der Waals surface area contributed by atoms with E-state index >= 15 is 0 Å². The molecule has 0 aromatic heterocycles. The summed E-state index contributed by atoms with van der Waals surface area (Å²) in [7, 11) is 0. The van der Waals surface area contributed by atoms with E-state index in [4.69, 9.17) is 5.39 Å². The fourth-order valence-electron chi connectivity index (χ4n) is 0.664. The van der Waals surface area contributed by atoms with E-state index in [0.29, 0.717) is 5.56 Å². The van der Waals surface area contributed by atoms with E-state index in [2.05, 4.69) is 9.98 Å². The van der Waals surface area contributed by atoms with Gasteiger partial charge in [-0.3, -0.25) is 0 Å². The molecule has 4 nitrogen and oxygen atoms in total. The predicted octanol–water partition coefficient (Wildman–Crippen LogP) is -1.38. The van der Waals surface area contributed by atoms with Gasteiger partial charge in [-0.1, -0.05) is 18.2 Å². The second-order valence-electron chi connectivity index (χ2n) is 1.83. The van der Waals surface area contributed by atoms with Crippen LogP contribution in [0.25, 0.3) is 5.14 Å². The van der Waals surface area contributed by atoms with E-state index < -0.39 is 5.97 Å². The SMILES string of the molecule is N#[N+]OC(=O)c1ccccc1.[Cl-]. The van der Waals surface area contributed by atoms with Crippen LogP contribution in [0.4, 0.5) is 0 Å². The largest absolute Gasteiger partial charge is 1.00 e. The van der Waals surface area contributed by atoms with E-state index in [0.717, 1.165) is 0 Å². The van der Waals surface area contributed by atoms with Crippen molar-refractivity contribution in [2.24, 2.45) is 0 Å². The fourth-order valence-corrected chi connectivity index (χ4v) is 0.664. The average molecular weight is 185 g/mol. The molecule has 0 aliphatic rings. The van der Waals surface area contributed by atoms with Crippen LogP contribution in [0.15, 0.2) is 30.3 Å². The molecule has 62 valence electrons. The Kier molecular flexibility index (Phi) is 4.42. The topological polar surface area (TPSA) is 54.4 Å². The van der Waals surface area contributed by atoms with E-state index in [1.165, 1.54) is 0 Å². The smallest absolute Gasteiger partial charge is 0.466 e. The first kappa shape index (κ1) is 10.4. The Hall–Kier alpha value is -1.60. The Balaban J connectivity index is 0.00000121. The molecule has 0 amide bonds. The van der Waals surface area contributed by atoms with Crippen LogP contribution >= 0.6 is 0 Å². The highest BCUT2D eigenvalue weighted by molar-refractivity contribution is 5.89. The molecule has 0 fully saturated rings. The first-order chi connectivity index (χ1) is 5.34. The molecule has 5 heteroatoms. The molecule has 0 unspecified atom stereocenters. The van der Waals surface area contributed by atoms with Gasteiger partial charge in [0.25, 0.3) is 5.39 Å². The summed E-state index contributed by atoms with van der Waals surface area (Å²) >= 11 is 0. The summed E-state index contributed by atoms with van der Waals surface area (Å²) in [5, 5.41) is 10.1. The van der Waals surface area contributed by atoms with Crippen LogP contribution in [0.3, 0.4) is 0 Å². The predicted molar refractivity (Wildman–Crippen MR) is 36.9 cm³/mol. The van der Waals surface area contributed by atoms with Crippen molar-refractivity contribution in [2.45, 2.75) is 0 Å².